The first-order valence-electron chi connectivity index (χ1n) is 10.9. The molecule has 0 aliphatic heterocycles. The van der Waals surface area contributed by atoms with Crippen LogP contribution in [0.5, 0.6) is 5.75 Å². The molecule has 0 unspecified atom stereocenters. The minimum absolute atomic E-state index is 0.139. The van der Waals surface area contributed by atoms with E-state index >= 15 is 0 Å². The van der Waals surface area contributed by atoms with Gasteiger partial charge in [-0.2, -0.15) is 0 Å². The monoisotopic (exact) mass is 509 g/mol. The molecule has 8 nitrogen and oxygen atoms in total. The number of ether oxygens (including phenoxy) is 1. The third-order valence-corrected chi connectivity index (χ3v) is 6.50. The molecule has 2 rings (SSSR count). The minimum Gasteiger partial charge on any atom is -0.495 e. The molecular formula is C24H32ClN3O5S. The molecule has 1 N–H and O–H groups in total. The number of benzene rings is 2. The Morgan fingerprint density at radius 2 is 1.74 bits per heavy atom. The van der Waals surface area contributed by atoms with Crippen LogP contribution in [0.15, 0.2) is 48.5 Å². The van der Waals surface area contributed by atoms with Crippen molar-refractivity contribution in [3.05, 3.63) is 59.1 Å². The van der Waals surface area contributed by atoms with Crippen molar-refractivity contribution in [3.63, 3.8) is 0 Å². The van der Waals surface area contributed by atoms with Crippen molar-refractivity contribution in [2.24, 2.45) is 5.92 Å². The van der Waals surface area contributed by atoms with Crippen LogP contribution in [-0.2, 0) is 26.2 Å². The van der Waals surface area contributed by atoms with Crippen LogP contribution in [0.1, 0.15) is 26.3 Å². The molecule has 0 radical (unpaired) electrons. The SMILES string of the molecule is COc1ccc(Cl)cc1N(CC(=O)N(Cc1ccccc1)[C@@H](C)C(=O)NCC(C)C)S(C)(=O)=O. The van der Waals surface area contributed by atoms with Gasteiger partial charge in [0.25, 0.3) is 0 Å². The summed E-state index contributed by atoms with van der Waals surface area (Å²) in [6, 6.07) is 12.9. The number of carbonyl (C=O) groups excluding carboxylic acids is 2. The maximum Gasteiger partial charge on any atom is 0.244 e. The van der Waals surface area contributed by atoms with E-state index in [1.165, 1.54) is 24.1 Å². The topological polar surface area (TPSA) is 96.0 Å². The Hall–Kier alpha value is -2.78. The maximum absolute atomic E-state index is 13.5. The summed E-state index contributed by atoms with van der Waals surface area (Å²) in [4.78, 5) is 27.7. The van der Waals surface area contributed by atoms with E-state index in [4.69, 9.17) is 16.3 Å². The summed E-state index contributed by atoms with van der Waals surface area (Å²) >= 11 is 6.10. The molecule has 0 aliphatic rings. The number of nitrogens with zero attached hydrogens (tertiary/aromatic N) is 2. The molecule has 0 aromatic heterocycles. The van der Waals surface area contributed by atoms with Crippen LogP contribution < -0.4 is 14.4 Å². The normalized spacial score (nSPS) is 12.2. The van der Waals surface area contributed by atoms with Crippen LogP contribution in [0.25, 0.3) is 0 Å². The van der Waals surface area contributed by atoms with Gasteiger partial charge in [0.15, 0.2) is 0 Å². The highest BCUT2D eigenvalue weighted by atomic mass is 35.5. The lowest BCUT2D eigenvalue weighted by atomic mass is 10.1. The number of rotatable bonds is 11. The summed E-state index contributed by atoms with van der Waals surface area (Å²) in [5.41, 5.74) is 0.952. The molecule has 0 bridgehead atoms. The van der Waals surface area contributed by atoms with Crippen LogP contribution in [0.4, 0.5) is 5.69 Å². The zero-order valence-electron chi connectivity index (χ0n) is 20.1. The van der Waals surface area contributed by atoms with Crippen molar-refractivity contribution in [1.29, 1.82) is 0 Å². The molecule has 2 aromatic carbocycles. The Morgan fingerprint density at radius 3 is 2.29 bits per heavy atom. The fourth-order valence-electron chi connectivity index (χ4n) is 3.27. The van der Waals surface area contributed by atoms with Gasteiger partial charge in [-0.05, 0) is 36.6 Å². The number of amides is 2. The van der Waals surface area contributed by atoms with Crippen molar-refractivity contribution in [2.75, 3.05) is 30.8 Å². The molecule has 2 aromatic rings. The summed E-state index contributed by atoms with van der Waals surface area (Å²) in [5.74, 6) is -0.363. The highest BCUT2D eigenvalue weighted by Crippen LogP contribution is 2.33. The van der Waals surface area contributed by atoms with Crippen LogP contribution in [-0.4, -0.2) is 57.6 Å². The molecule has 186 valence electrons. The second-order valence-corrected chi connectivity index (χ2v) is 10.8. The molecule has 0 saturated heterocycles. The fourth-order valence-corrected chi connectivity index (χ4v) is 4.28. The third kappa shape index (κ3) is 7.63. The summed E-state index contributed by atoms with van der Waals surface area (Å²) in [6.45, 7) is 5.65. The Labute approximate surface area is 206 Å². The first kappa shape index (κ1) is 27.5. The van der Waals surface area contributed by atoms with E-state index in [1.54, 1.807) is 13.0 Å². The van der Waals surface area contributed by atoms with Crippen LogP contribution in [0, 0.1) is 5.92 Å². The first-order valence-corrected chi connectivity index (χ1v) is 13.1. The van der Waals surface area contributed by atoms with E-state index in [0.717, 1.165) is 16.1 Å². The molecule has 10 heteroatoms. The number of carbonyl (C=O) groups is 2. The smallest absolute Gasteiger partial charge is 0.244 e. The lowest BCUT2D eigenvalue weighted by molar-refractivity contribution is -0.139. The molecule has 0 fully saturated rings. The average Bonchev–Trinajstić information content (AvgIpc) is 2.78. The van der Waals surface area contributed by atoms with Crippen molar-refractivity contribution < 1.29 is 22.7 Å². The lowest BCUT2D eigenvalue weighted by Gasteiger charge is -2.32. The quantitative estimate of drug-likeness (QED) is 0.501. The summed E-state index contributed by atoms with van der Waals surface area (Å²) in [7, 11) is -2.49. The minimum atomic E-state index is -3.89. The van der Waals surface area contributed by atoms with Crippen LogP contribution in [0.2, 0.25) is 5.02 Å². The number of sulfonamides is 1. The zero-order valence-corrected chi connectivity index (χ0v) is 21.7. The van der Waals surface area contributed by atoms with Gasteiger partial charge in [0.1, 0.15) is 18.3 Å². The van der Waals surface area contributed by atoms with Gasteiger partial charge in [-0.15, -0.1) is 0 Å². The Kier molecular flexibility index (Phi) is 9.76. The summed E-state index contributed by atoms with van der Waals surface area (Å²) in [5, 5.41) is 3.13. The highest BCUT2D eigenvalue weighted by molar-refractivity contribution is 7.92. The van der Waals surface area contributed by atoms with Crippen molar-refractivity contribution >= 4 is 39.1 Å². The fraction of sp³-hybridized carbons (Fsp3) is 0.417. The van der Waals surface area contributed by atoms with Gasteiger partial charge in [-0.25, -0.2) is 8.42 Å². The maximum atomic E-state index is 13.5. The average molecular weight is 510 g/mol. The van der Waals surface area contributed by atoms with Crippen LogP contribution in [0.3, 0.4) is 0 Å². The van der Waals surface area contributed by atoms with Gasteiger partial charge >= 0.3 is 0 Å². The lowest BCUT2D eigenvalue weighted by Crippen LogP contribution is -2.51. The second kappa shape index (κ2) is 12.1. The molecule has 0 heterocycles. The standard InChI is InChI=1S/C24H32ClN3O5S/c1-17(2)14-26-24(30)18(3)27(15-19-9-7-6-8-10-19)23(29)16-28(34(5,31)32)21-13-20(25)11-12-22(21)33-4/h6-13,17-18H,14-16H2,1-5H3,(H,26,30)/t18-/m0/s1. The Balaban J connectivity index is 2.41. The van der Waals surface area contributed by atoms with E-state index < -0.39 is 28.5 Å². The molecule has 2 amide bonds. The Bertz CT molecular complexity index is 1090. The van der Waals surface area contributed by atoms with Crippen molar-refractivity contribution in [1.82, 2.24) is 10.2 Å². The second-order valence-electron chi connectivity index (χ2n) is 8.41. The van der Waals surface area contributed by atoms with Crippen molar-refractivity contribution in [3.8, 4) is 5.75 Å². The number of hydrogen-bond acceptors (Lipinski definition) is 5. The number of halogens is 1. The summed E-state index contributed by atoms with van der Waals surface area (Å²) in [6.07, 6.45) is 1.00. The van der Waals surface area contributed by atoms with Gasteiger partial charge in [-0.3, -0.25) is 13.9 Å². The van der Waals surface area contributed by atoms with E-state index in [-0.39, 0.29) is 29.8 Å². The predicted octanol–water partition coefficient (Wildman–Crippen LogP) is 3.30. The number of methoxy groups -OCH3 is 1. The number of nitrogens with one attached hydrogen (secondary N) is 1. The van der Waals surface area contributed by atoms with Crippen molar-refractivity contribution in [2.45, 2.75) is 33.4 Å². The zero-order chi connectivity index (χ0) is 25.5. The van der Waals surface area contributed by atoms with E-state index in [1.807, 2.05) is 44.2 Å². The molecule has 1 atom stereocenters. The predicted molar refractivity (Wildman–Crippen MR) is 134 cm³/mol. The van der Waals surface area contributed by atoms with Gasteiger partial charge < -0.3 is 15.0 Å². The largest absolute Gasteiger partial charge is 0.495 e. The number of anilines is 1. The van der Waals surface area contributed by atoms with Crippen LogP contribution >= 0.6 is 11.6 Å². The van der Waals surface area contributed by atoms with Gasteiger partial charge in [0, 0.05) is 18.1 Å². The van der Waals surface area contributed by atoms with Gasteiger partial charge in [0.2, 0.25) is 21.8 Å². The molecule has 0 spiro atoms. The van der Waals surface area contributed by atoms with E-state index in [0.29, 0.717) is 11.6 Å². The highest BCUT2D eigenvalue weighted by Gasteiger charge is 2.31. The first-order chi connectivity index (χ1) is 15.9. The van der Waals surface area contributed by atoms with E-state index in [9.17, 15) is 18.0 Å². The third-order valence-electron chi connectivity index (χ3n) is 5.14. The molecule has 0 saturated carbocycles. The molecule has 34 heavy (non-hydrogen) atoms. The van der Waals surface area contributed by atoms with Gasteiger partial charge in [-0.1, -0.05) is 55.8 Å². The van der Waals surface area contributed by atoms with E-state index in [2.05, 4.69) is 5.32 Å². The Morgan fingerprint density at radius 1 is 1.09 bits per heavy atom. The van der Waals surface area contributed by atoms with Gasteiger partial charge in [0.05, 0.1) is 19.1 Å². The molecule has 0 aliphatic carbocycles. The molecular weight excluding hydrogens is 478 g/mol. The summed E-state index contributed by atoms with van der Waals surface area (Å²) < 4.78 is 31.6. The number of hydrogen-bond donors (Lipinski definition) is 1.